The second-order valence-corrected chi connectivity index (χ2v) is 5.33. The molecule has 3 rings (SSSR count). The van der Waals surface area contributed by atoms with E-state index in [4.69, 9.17) is 10.2 Å². The maximum atomic E-state index is 12.7. The Kier molecular flexibility index (Phi) is 4.80. The van der Waals surface area contributed by atoms with Crippen LogP contribution in [-0.4, -0.2) is 11.8 Å². The molecule has 0 radical (unpaired) electrons. The van der Waals surface area contributed by atoms with Gasteiger partial charge in [0.1, 0.15) is 5.76 Å². The van der Waals surface area contributed by atoms with Gasteiger partial charge in [-0.3, -0.25) is 14.5 Å². The van der Waals surface area contributed by atoms with Crippen LogP contribution in [0.25, 0.3) is 0 Å². The van der Waals surface area contributed by atoms with Gasteiger partial charge in [-0.2, -0.15) is 0 Å². The minimum Gasteiger partial charge on any atom is -0.467 e. The lowest BCUT2D eigenvalue weighted by Crippen LogP contribution is -2.40. The van der Waals surface area contributed by atoms with Crippen molar-refractivity contribution in [3.8, 4) is 0 Å². The molecule has 2 aromatic carbocycles. The number of amides is 2. The average molecular weight is 335 g/mol. The number of nitrogens with two attached hydrogens (primary N) is 1. The number of benzene rings is 2. The summed E-state index contributed by atoms with van der Waals surface area (Å²) in [4.78, 5) is 26.4. The lowest BCUT2D eigenvalue weighted by Gasteiger charge is -2.22. The van der Waals surface area contributed by atoms with Gasteiger partial charge in [-0.05, 0) is 48.5 Å². The van der Waals surface area contributed by atoms with E-state index in [1.807, 2.05) is 6.07 Å². The molecule has 0 bridgehead atoms. The molecule has 0 saturated carbocycles. The highest BCUT2D eigenvalue weighted by atomic mass is 16.3. The minimum atomic E-state index is -0.725. The summed E-state index contributed by atoms with van der Waals surface area (Å²) >= 11 is 0. The van der Waals surface area contributed by atoms with E-state index < -0.39 is 11.8 Å². The Hall–Kier alpha value is -3.54. The third-order valence-corrected chi connectivity index (χ3v) is 3.57. The van der Waals surface area contributed by atoms with Crippen molar-refractivity contribution in [3.05, 3.63) is 78.8 Å². The molecule has 0 fully saturated rings. The third-order valence-electron chi connectivity index (χ3n) is 3.57. The highest BCUT2D eigenvalue weighted by molar-refractivity contribution is 6.42. The van der Waals surface area contributed by atoms with E-state index in [0.717, 1.165) is 0 Å². The van der Waals surface area contributed by atoms with Crippen LogP contribution in [0.2, 0.25) is 0 Å². The van der Waals surface area contributed by atoms with E-state index in [1.54, 1.807) is 60.7 Å². The molecule has 0 aliphatic rings. The van der Waals surface area contributed by atoms with Crippen molar-refractivity contribution in [1.29, 1.82) is 0 Å². The van der Waals surface area contributed by atoms with Crippen LogP contribution < -0.4 is 16.0 Å². The lowest BCUT2D eigenvalue weighted by molar-refractivity contribution is -0.137. The molecule has 0 saturated heterocycles. The fourth-order valence-electron chi connectivity index (χ4n) is 2.34. The topological polar surface area (TPSA) is 88.6 Å². The first-order valence-electron chi connectivity index (χ1n) is 7.70. The van der Waals surface area contributed by atoms with Gasteiger partial charge in [-0.25, -0.2) is 0 Å². The zero-order chi connectivity index (χ0) is 17.6. The molecule has 0 spiro atoms. The first kappa shape index (κ1) is 16.3. The summed E-state index contributed by atoms with van der Waals surface area (Å²) in [6, 6.07) is 19.1. The Balaban J connectivity index is 1.84. The quantitative estimate of drug-likeness (QED) is 0.567. The Labute approximate surface area is 144 Å². The number of carbonyl (C=O) groups is 2. The molecule has 6 heteroatoms. The van der Waals surface area contributed by atoms with E-state index in [0.29, 0.717) is 22.8 Å². The minimum absolute atomic E-state index is 0.141. The van der Waals surface area contributed by atoms with Crippen molar-refractivity contribution >= 4 is 28.9 Å². The SMILES string of the molecule is Nc1ccc(N(C(=O)C(=O)NCc2ccco2)c2ccccc2)cc1. The van der Waals surface area contributed by atoms with E-state index >= 15 is 0 Å². The molecule has 0 unspecified atom stereocenters. The number of nitrogen functional groups attached to an aromatic ring is 1. The molecule has 126 valence electrons. The first-order chi connectivity index (χ1) is 12.1. The standard InChI is InChI=1S/C19H17N3O3/c20-14-8-10-16(11-9-14)22(15-5-2-1-3-6-15)19(24)18(23)21-13-17-7-4-12-25-17/h1-12H,13,20H2,(H,21,23). The maximum absolute atomic E-state index is 12.7. The summed E-state index contributed by atoms with van der Waals surface area (Å²) in [6.45, 7) is 0.141. The molecule has 6 nitrogen and oxygen atoms in total. The van der Waals surface area contributed by atoms with Gasteiger partial charge in [0, 0.05) is 17.1 Å². The molecule has 3 aromatic rings. The normalized spacial score (nSPS) is 10.2. The van der Waals surface area contributed by atoms with E-state index in [2.05, 4.69) is 5.32 Å². The lowest BCUT2D eigenvalue weighted by atomic mass is 10.2. The fraction of sp³-hybridized carbons (Fsp3) is 0.0526. The van der Waals surface area contributed by atoms with Crippen molar-refractivity contribution in [3.63, 3.8) is 0 Å². The van der Waals surface area contributed by atoms with Gasteiger partial charge in [0.25, 0.3) is 0 Å². The van der Waals surface area contributed by atoms with Gasteiger partial charge >= 0.3 is 11.8 Å². The summed E-state index contributed by atoms with van der Waals surface area (Å²) in [7, 11) is 0. The third kappa shape index (κ3) is 3.87. The van der Waals surface area contributed by atoms with Crippen LogP contribution in [0.5, 0.6) is 0 Å². The van der Waals surface area contributed by atoms with Crippen LogP contribution in [0.15, 0.2) is 77.4 Å². The van der Waals surface area contributed by atoms with Crippen molar-refractivity contribution in [2.45, 2.75) is 6.54 Å². The highest BCUT2D eigenvalue weighted by Gasteiger charge is 2.24. The largest absolute Gasteiger partial charge is 0.467 e. The summed E-state index contributed by atoms with van der Waals surface area (Å²) in [5.74, 6) is -0.848. The summed E-state index contributed by atoms with van der Waals surface area (Å²) in [5.41, 5.74) is 7.43. The van der Waals surface area contributed by atoms with E-state index in [9.17, 15) is 9.59 Å². The first-order valence-corrected chi connectivity index (χ1v) is 7.70. The number of carbonyl (C=O) groups excluding carboxylic acids is 2. The van der Waals surface area contributed by atoms with Gasteiger partial charge in [0.2, 0.25) is 0 Å². The Morgan fingerprint density at radius 3 is 2.24 bits per heavy atom. The Morgan fingerprint density at radius 2 is 1.60 bits per heavy atom. The van der Waals surface area contributed by atoms with Crippen molar-refractivity contribution in [1.82, 2.24) is 5.32 Å². The van der Waals surface area contributed by atoms with Gasteiger partial charge in [-0.1, -0.05) is 18.2 Å². The van der Waals surface area contributed by atoms with Gasteiger partial charge in [-0.15, -0.1) is 0 Å². The van der Waals surface area contributed by atoms with Gasteiger partial charge in [0.15, 0.2) is 0 Å². The predicted molar refractivity (Wildman–Crippen MR) is 95.0 cm³/mol. The highest BCUT2D eigenvalue weighted by Crippen LogP contribution is 2.26. The molecule has 2 amide bonds. The number of nitrogens with one attached hydrogen (secondary N) is 1. The number of furan rings is 1. The van der Waals surface area contributed by atoms with Crippen molar-refractivity contribution in [2.24, 2.45) is 0 Å². The second kappa shape index (κ2) is 7.35. The Morgan fingerprint density at radius 1 is 0.920 bits per heavy atom. The molecular weight excluding hydrogens is 318 g/mol. The van der Waals surface area contributed by atoms with Crippen molar-refractivity contribution < 1.29 is 14.0 Å². The van der Waals surface area contributed by atoms with Crippen LogP contribution in [-0.2, 0) is 16.1 Å². The zero-order valence-electron chi connectivity index (χ0n) is 13.4. The Bertz CT molecular complexity index is 843. The predicted octanol–water partition coefficient (Wildman–Crippen LogP) is 2.84. The van der Waals surface area contributed by atoms with Gasteiger partial charge in [0.05, 0.1) is 12.8 Å². The molecule has 1 aromatic heterocycles. The number of nitrogens with zero attached hydrogens (tertiary/aromatic N) is 1. The van der Waals surface area contributed by atoms with Crippen LogP contribution >= 0.6 is 0 Å². The molecule has 1 heterocycles. The zero-order valence-corrected chi connectivity index (χ0v) is 13.4. The number of anilines is 3. The van der Waals surface area contributed by atoms with Crippen LogP contribution in [0.3, 0.4) is 0 Å². The van der Waals surface area contributed by atoms with E-state index in [-0.39, 0.29) is 6.54 Å². The summed E-state index contributed by atoms with van der Waals surface area (Å²) in [5, 5.41) is 2.57. The molecule has 3 N–H and O–H groups in total. The number of rotatable bonds is 4. The summed E-state index contributed by atoms with van der Waals surface area (Å²) in [6.07, 6.45) is 1.51. The molecule has 0 atom stereocenters. The molecule has 25 heavy (non-hydrogen) atoms. The average Bonchev–Trinajstić information content (AvgIpc) is 3.16. The van der Waals surface area contributed by atoms with Crippen LogP contribution in [0.1, 0.15) is 5.76 Å². The number of hydrogen-bond acceptors (Lipinski definition) is 4. The molecule has 0 aliphatic heterocycles. The van der Waals surface area contributed by atoms with Crippen LogP contribution in [0, 0.1) is 0 Å². The van der Waals surface area contributed by atoms with Crippen molar-refractivity contribution in [2.75, 3.05) is 10.6 Å². The number of para-hydroxylation sites is 1. The summed E-state index contributed by atoms with van der Waals surface area (Å²) < 4.78 is 5.15. The van der Waals surface area contributed by atoms with E-state index in [1.165, 1.54) is 11.2 Å². The second-order valence-electron chi connectivity index (χ2n) is 5.33. The molecule has 0 aliphatic carbocycles. The smallest absolute Gasteiger partial charge is 0.320 e. The number of hydrogen-bond donors (Lipinski definition) is 2. The monoisotopic (exact) mass is 335 g/mol. The van der Waals surface area contributed by atoms with Crippen LogP contribution in [0.4, 0.5) is 17.1 Å². The fourth-order valence-corrected chi connectivity index (χ4v) is 2.34. The molecular formula is C19H17N3O3. The van der Waals surface area contributed by atoms with Gasteiger partial charge < -0.3 is 15.5 Å². The maximum Gasteiger partial charge on any atom is 0.320 e.